The molecule has 0 aliphatic rings. The van der Waals surface area contributed by atoms with Crippen molar-refractivity contribution in [2.24, 2.45) is 0 Å². The molecule has 0 saturated carbocycles. The minimum atomic E-state index is 0.0175. The first-order chi connectivity index (χ1) is 11.7. The van der Waals surface area contributed by atoms with Gasteiger partial charge in [-0.15, -0.1) is 0 Å². The molecule has 0 spiro atoms. The summed E-state index contributed by atoms with van der Waals surface area (Å²) in [4.78, 5) is 21.3. The Morgan fingerprint density at radius 1 is 1.21 bits per heavy atom. The van der Waals surface area contributed by atoms with Crippen LogP contribution in [0, 0.1) is 6.92 Å². The number of hydrogen-bond donors (Lipinski definition) is 1. The number of carbonyl (C=O) groups is 1. The van der Waals surface area contributed by atoms with E-state index in [2.05, 4.69) is 22.2 Å². The van der Waals surface area contributed by atoms with Gasteiger partial charge in [0.15, 0.2) is 0 Å². The lowest BCUT2D eigenvalue weighted by atomic mass is 10.1. The van der Waals surface area contributed by atoms with Crippen LogP contribution in [-0.2, 0) is 4.79 Å². The Kier molecular flexibility index (Phi) is 4.89. The van der Waals surface area contributed by atoms with Gasteiger partial charge < -0.3 is 5.32 Å². The molecule has 2 aromatic heterocycles. The van der Waals surface area contributed by atoms with Crippen LogP contribution in [0.25, 0.3) is 17.0 Å². The fraction of sp³-hybridized carbons (Fsp3) is 0.316. The Bertz CT molecular complexity index is 853. The fourth-order valence-corrected chi connectivity index (χ4v) is 2.76. The number of benzene rings is 1. The number of nitrogens with one attached hydrogen (secondary N) is 1. The zero-order valence-electron chi connectivity index (χ0n) is 14.1. The lowest BCUT2D eigenvalue weighted by Gasteiger charge is -2.09. The van der Waals surface area contributed by atoms with Gasteiger partial charge >= 0.3 is 0 Å². The molecule has 1 amide bonds. The normalized spacial score (nSPS) is 10.9. The van der Waals surface area contributed by atoms with Crippen molar-refractivity contribution >= 4 is 17.5 Å². The minimum Gasteiger partial charge on any atom is -0.310 e. The number of unbranched alkanes of at least 4 members (excludes halogenated alkanes) is 2. The average molecular weight is 322 g/mol. The summed E-state index contributed by atoms with van der Waals surface area (Å²) < 4.78 is 1.83. The summed E-state index contributed by atoms with van der Waals surface area (Å²) in [5, 5.41) is 3.04. The number of carbonyl (C=O) groups excluding carboxylic acids is 1. The van der Waals surface area contributed by atoms with Gasteiger partial charge in [-0.3, -0.25) is 9.20 Å². The van der Waals surface area contributed by atoms with Gasteiger partial charge in [-0.25, -0.2) is 9.97 Å². The maximum atomic E-state index is 12.3. The van der Waals surface area contributed by atoms with E-state index in [1.807, 2.05) is 47.9 Å². The van der Waals surface area contributed by atoms with Gasteiger partial charge in [0, 0.05) is 24.4 Å². The lowest BCUT2D eigenvalue weighted by Crippen LogP contribution is -2.13. The fourth-order valence-electron chi connectivity index (χ4n) is 2.76. The quantitative estimate of drug-likeness (QED) is 0.691. The van der Waals surface area contributed by atoms with E-state index >= 15 is 0 Å². The lowest BCUT2D eigenvalue weighted by molar-refractivity contribution is -0.116. The van der Waals surface area contributed by atoms with Crippen LogP contribution in [0.1, 0.15) is 38.2 Å². The molecule has 0 atom stereocenters. The first kappa shape index (κ1) is 16.2. The Morgan fingerprint density at radius 3 is 2.83 bits per heavy atom. The van der Waals surface area contributed by atoms with Crippen LogP contribution < -0.4 is 5.32 Å². The Hall–Kier alpha value is -2.69. The summed E-state index contributed by atoms with van der Waals surface area (Å²) in [6.07, 6.45) is 7.16. The van der Waals surface area contributed by atoms with Gasteiger partial charge in [-0.2, -0.15) is 0 Å². The zero-order valence-corrected chi connectivity index (χ0v) is 14.1. The summed E-state index contributed by atoms with van der Waals surface area (Å²) in [5.74, 6) is 1.29. The Labute approximate surface area is 141 Å². The van der Waals surface area contributed by atoms with E-state index in [-0.39, 0.29) is 5.91 Å². The van der Waals surface area contributed by atoms with Crippen LogP contribution in [0.15, 0.2) is 42.7 Å². The summed E-state index contributed by atoms with van der Waals surface area (Å²) in [7, 11) is 0. The second-order valence-corrected chi connectivity index (χ2v) is 5.92. The number of aryl methyl sites for hydroxylation is 1. The van der Waals surface area contributed by atoms with Crippen molar-refractivity contribution in [3.05, 3.63) is 48.3 Å². The van der Waals surface area contributed by atoms with Crippen molar-refractivity contribution in [3.63, 3.8) is 0 Å². The first-order valence-corrected chi connectivity index (χ1v) is 8.39. The number of amides is 1. The van der Waals surface area contributed by atoms with Crippen LogP contribution in [-0.4, -0.2) is 20.3 Å². The molecule has 24 heavy (non-hydrogen) atoms. The molecule has 1 N–H and O–H groups in total. The maximum absolute atomic E-state index is 12.3. The van der Waals surface area contributed by atoms with Gasteiger partial charge in [0.2, 0.25) is 11.7 Å². The highest BCUT2D eigenvalue weighted by molar-refractivity contribution is 5.94. The molecule has 0 bridgehead atoms. The molecule has 1 aromatic carbocycles. The summed E-state index contributed by atoms with van der Waals surface area (Å²) >= 11 is 0. The maximum Gasteiger partial charge on any atom is 0.235 e. The molecule has 5 nitrogen and oxygen atoms in total. The van der Waals surface area contributed by atoms with Crippen LogP contribution >= 0.6 is 0 Å². The predicted molar refractivity (Wildman–Crippen MR) is 95.9 cm³/mol. The third kappa shape index (κ3) is 3.30. The van der Waals surface area contributed by atoms with Gasteiger partial charge in [0.05, 0.1) is 0 Å². The van der Waals surface area contributed by atoms with Crippen molar-refractivity contribution in [1.29, 1.82) is 0 Å². The zero-order chi connectivity index (χ0) is 16.9. The first-order valence-electron chi connectivity index (χ1n) is 8.39. The van der Waals surface area contributed by atoms with E-state index in [9.17, 15) is 4.79 Å². The smallest absolute Gasteiger partial charge is 0.235 e. The Balaban J connectivity index is 2.00. The molecule has 0 aliphatic heterocycles. The third-order valence-corrected chi connectivity index (χ3v) is 4.07. The van der Waals surface area contributed by atoms with E-state index in [0.29, 0.717) is 18.0 Å². The topological polar surface area (TPSA) is 59.3 Å². The number of imidazole rings is 1. The number of anilines is 1. The number of hydrogen-bond acceptors (Lipinski definition) is 3. The largest absolute Gasteiger partial charge is 0.310 e. The molecule has 0 aliphatic carbocycles. The van der Waals surface area contributed by atoms with Crippen LogP contribution in [0.5, 0.6) is 0 Å². The van der Waals surface area contributed by atoms with Gasteiger partial charge in [0.1, 0.15) is 11.5 Å². The summed E-state index contributed by atoms with van der Waals surface area (Å²) in [6, 6.07) is 9.87. The van der Waals surface area contributed by atoms with Crippen LogP contribution in [0.4, 0.5) is 5.82 Å². The molecule has 0 saturated heterocycles. The number of fused-ring (bicyclic) bond motifs is 1. The minimum absolute atomic E-state index is 0.0175. The molecule has 3 rings (SSSR count). The third-order valence-electron chi connectivity index (χ3n) is 4.07. The second kappa shape index (κ2) is 7.25. The number of nitrogens with zero attached hydrogens (tertiary/aromatic N) is 3. The van der Waals surface area contributed by atoms with Crippen molar-refractivity contribution < 1.29 is 4.79 Å². The van der Waals surface area contributed by atoms with E-state index in [1.165, 1.54) is 0 Å². The van der Waals surface area contributed by atoms with Crippen LogP contribution in [0.3, 0.4) is 0 Å². The summed E-state index contributed by atoms with van der Waals surface area (Å²) in [6.45, 7) is 4.17. The number of rotatable bonds is 6. The number of aromatic nitrogens is 3. The molecular formula is C19H22N4O. The van der Waals surface area contributed by atoms with Crippen molar-refractivity contribution in [2.45, 2.75) is 39.5 Å². The van der Waals surface area contributed by atoms with E-state index in [1.54, 1.807) is 6.20 Å². The van der Waals surface area contributed by atoms with E-state index < -0.39 is 0 Å². The average Bonchev–Trinajstić information content (AvgIpc) is 2.94. The van der Waals surface area contributed by atoms with Crippen molar-refractivity contribution in [1.82, 2.24) is 14.4 Å². The summed E-state index contributed by atoms with van der Waals surface area (Å²) in [5.41, 5.74) is 2.88. The molecule has 124 valence electrons. The Morgan fingerprint density at radius 2 is 2.04 bits per heavy atom. The van der Waals surface area contributed by atoms with Crippen molar-refractivity contribution in [3.8, 4) is 11.3 Å². The molecule has 3 aromatic rings. The van der Waals surface area contributed by atoms with E-state index in [0.717, 1.165) is 36.1 Å². The monoisotopic (exact) mass is 322 g/mol. The van der Waals surface area contributed by atoms with Crippen LogP contribution in [0.2, 0.25) is 0 Å². The molecule has 0 unspecified atom stereocenters. The molecule has 2 heterocycles. The van der Waals surface area contributed by atoms with Crippen molar-refractivity contribution in [2.75, 3.05) is 5.32 Å². The standard InChI is InChI=1S/C19H22N4O/c1-3-4-5-11-16(24)21-18-17(15-10-7-6-9-14(15)2)22-19-20-12-8-13-23(18)19/h6-10,12-13H,3-5,11H2,1-2H3,(H,21,24). The SMILES string of the molecule is CCCCCC(=O)Nc1c(-c2ccccc2C)nc2ncccn12. The highest BCUT2D eigenvalue weighted by Crippen LogP contribution is 2.30. The molecule has 5 heteroatoms. The molecule has 0 fully saturated rings. The predicted octanol–water partition coefficient (Wildman–Crippen LogP) is 4.22. The molecular weight excluding hydrogens is 300 g/mol. The highest BCUT2D eigenvalue weighted by atomic mass is 16.1. The van der Waals surface area contributed by atoms with Gasteiger partial charge in [0.25, 0.3) is 0 Å². The molecule has 0 radical (unpaired) electrons. The second-order valence-electron chi connectivity index (χ2n) is 5.92. The van der Waals surface area contributed by atoms with E-state index in [4.69, 9.17) is 0 Å². The highest BCUT2D eigenvalue weighted by Gasteiger charge is 2.17. The van der Waals surface area contributed by atoms with Gasteiger partial charge in [-0.1, -0.05) is 44.0 Å². The van der Waals surface area contributed by atoms with Gasteiger partial charge in [-0.05, 0) is 25.0 Å².